The number of benzene rings is 1. The summed E-state index contributed by atoms with van der Waals surface area (Å²) in [4.78, 5) is 11.7. The molecule has 0 aromatic heterocycles. The normalized spacial score (nSPS) is 11.8. The maximum atomic E-state index is 11.7. The molecule has 0 saturated heterocycles. The molecule has 1 unspecified atom stereocenters. The first-order chi connectivity index (χ1) is 9.10. The van der Waals surface area contributed by atoms with E-state index in [0.717, 1.165) is 35.2 Å². The first kappa shape index (κ1) is 15.8. The smallest absolute Gasteiger partial charge is 0.328 e. The zero-order chi connectivity index (χ0) is 14.3. The fourth-order valence-corrected chi connectivity index (χ4v) is 2.24. The predicted molar refractivity (Wildman–Crippen MR) is 79.6 cm³/mol. The van der Waals surface area contributed by atoms with Crippen molar-refractivity contribution < 1.29 is 14.3 Å². The number of ether oxygens (including phenoxy) is 2. The van der Waals surface area contributed by atoms with Crippen LogP contribution in [0.2, 0.25) is 0 Å². The molecule has 1 aromatic rings. The number of anilines is 1. The Bertz CT molecular complexity index is 423. The van der Waals surface area contributed by atoms with Crippen LogP contribution in [-0.2, 0) is 9.53 Å². The monoisotopic (exact) mass is 329 g/mol. The van der Waals surface area contributed by atoms with E-state index in [-0.39, 0.29) is 12.0 Å². The Hall–Kier alpha value is -1.23. The number of nitrogens with one attached hydrogen (secondary N) is 1. The van der Waals surface area contributed by atoms with Crippen molar-refractivity contribution in [3.8, 4) is 5.75 Å². The van der Waals surface area contributed by atoms with E-state index in [0.29, 0.717) is 0 Å². The van der Waals surface area contributed by atoms with E-state index in [9.17, 15) is 4.79 Å². The van der Waals surface area contributed by atoms with E-state index in [1.54, 1.807) is 7.11 Å². The Labute approximate surface area is 122 Å². The van der Waals surface area contributed by atoms with Gasteiger partial charge in [-0.2, -0.15) is 0 Å². The molecule has 0 aliphatic heterocycles. The van der Waals surface area contributed by atoms with Gasteiger partial charge in [0.2, 0.25) is 0 Å². The van der Waals surface area contributed by atoms with Gasteiger partial charge in [0.1, 0.15) is 11.8 Å². The number of carbonyl (C=O) groups excluding carboxylic acids is 1. The summed E-state index contributed by atoms with van der Waals surface area (Å²) in [6.07, 6.45) is 2.76. The highest BCUT2D eigenvalue weighted by Crippen LogP contribution is 2.25. The molecule has 0 radical (unpaired) electrons. The second kappa shape index (κ2) is 8.04. The molecule has 1 atom stereocenters. The topological polar surface area (TPSA) is 47.6 Å². The van der Waals surface area contributed by atoms with Gasteiger partial charge >= 0.3 is 5.97 Å². The molecule has 0 fully saturated rings. The van der Waals surface area contributed by atoms with Crippen molar-refractivity contribution in [3.05, 3.63) is 22.7 Å². The lowest BCUT2D eigenvalue weighted by molar-refractivity contribution is -0.141. The number of hydrogen-bond acceptors (Lipinski definition) is 4. The van der Waals surface area contributed by atoms with Gasteiger partial charge in [0.25, 0.3) is 0 Å². The summed E-state index contributed by atoms with van der Waals surface area (Å²) < 4.78 is 10.9. The maximum absolute atomic E-state index is 11.7. The van der Waals surface area contributed by atoms with Gasteiger partial charge in [-0.25, -0.2) is 4.79 Å². The largest absolute Gasteiger partial charge is 0.497 e. The van der Waals surface area contributed by atoms with E-state index in [4.69, 9.17) is 9.47 Å². The molecule has 0 saturated carbocycles. The highest BCUT2D eigenvalue weighted by atomic mass is 79.9. The Morgan fingerprint density at radius 2 is 2.11 bits per heavy atom. The molecule has 4 nitrogen and oxygen atoms in total. The summed E-state index contributed by atoms with van der Waals surface area (Å²) in [6, 6.07) is 5.30. The van der Waals surface area contributed by atoms with Crippen molar-refractivity contribution in [3.63, 3.8) is 0 Å². The number of halogens is 1. The second-order valence-corrected chi connectivity index (χ2v) is 5.16. The van der Waals surface area contributed by atoms with Gasteiger partial charge in [-0.05, 0) is 18.6 Å². The van der Waals surface area contributed by atoms with Gasteiger partial charge in [0.15, 0.2) is 0 Å². The van der Waals surface area contributed by atoms with Gasteiger partial charge in [-0.1, -0.05) is 35.7 Å². The van der Waals surface area contributed by atoms with Crippen LogP contribution in [0.3, 0.4) is 0 Å². The lowest BCUT2D eigenvalue weighted by Gasteiger charge is -2.18. The second-order valence-electron chi connectivity index (χ2n) is 4.24. The van der Waals surface area contributed by atoms with Crippen LogP contribution in [0.5, 0.6) is 5.75 Å². The van der Waals surface area contributed by atoms with Crippen LogP contribution in [0.4, 0.5) is 5.69 Å². The lowest BCUT2D eigenvalue weighted by Crippen LogP contribution is -2.30. The molecule has 5 heteroatoms. The van der Waals surface area contributed by atoms with Gasteiger partial charge in [0, 0.05) is 16.2 Å². The minimum absolute atomic E-state index is 0.243. The molecular formula is C14H20BrNO3. The molecule has 0 aliphatic carbocycles. The maximum Gasteiger partial charge on any atom is 0.328 e. The molecule has 106 valence electrons. The van der Waals surface area contributed by atoms with E-state index in [1.165, 1.54) is 7.11 Å². The average molecular weight is 330 g/mol. The Morgan fingerprint density at radius 3 is 2.68 bits per heavy atom. The Morgan fingerprint density at radius 1 is 1.37 bits per heavy atom. The average Bonchev–Trinajstić information content (AvgIpc) is 2.41. The number of esters is 1. The van der Waals surface area contributed by atoms with E-state index >= 15 is 0 Å². The quantitative estimate of drug-likeness (QED) is 0.776. The van der Waals surface area contributed by atoms with E-state index in [1.807, 2.05) is 18.2 Å². The summed E-state index contributed by atoms with van der Waals surface area (Å²) in [6.45, 7) is 2.09. The van der Waals surface area contributed by atoms with Crippen LogP contribution in [-0.4, -0.2) is 26.2 Å². The predicted octanol–water partition coefficient (Wildman–Crippen LogP) is 3.60. The summed E-state index contributed by atoms with van der Waals surface area (Å²) in [7, 11) is 3.02. The third-order valence-electron chi connectivity index (χ3n) is 2.78. The van der Waals surface area contributed by atoms with Gasteiger partial charge < -0.3 is 14.8 Å². The van der Waals surface area contributed by atoms with Crippen molar-refractivity contribution in [1.29, 1.82) is 0 Å². The van der Waals surface area contributed by atoms with Crippen molar-refractivity contribution in [2.24, 2.45) is 0 Å². The summed E-state index contributed by atoms with van der Waals surface area (Å²) >= 11 is 3.41. The summed E-state index contributed by atoms with van der Waals surface area (Å²) in [5, 5.41) is 3.20. The van der Waals surface area contributed by atoms with Gasteiger partial charge in [-0.15, -0.1) is 0 Å². The lowest BCUT2D eigenvalue weighted by atomic mass is 10.1. The SMILES string of the molecule is CCCCC(Nc1cc(Br)cc(OC)c1)C(=O)OC. The van der Waals surface area contributed by atoms with Crippen molar-refractivity contribution >= 4 is 27.6 Å². The molecule has 19 heavy (non-hydrogen) atoms. The highest BCUT2D eigenvalue weighted by Gasteiger charge is 2.18. The number of carbonyl (C=O) groups is 1. The molecule has 0 bridgehead atoms. The summed E-state index contributed by atoms with van der Waals surface area (Å²) in [5.74, 6) is 0.489. The fraction of sp³-hybridized carbons (Fsp3) is 0.500. The highest BCUT2D eigenvalue weighted by molar-refractivity contribution is 9.10. The summed E-state index contributed by atoms with van der Waals surface area (Å²) in [5.41, 5.74) is 0.831. The molecule has 0 heterocycles. The van der Waals surface area contributed by atoms with Crippen LogP contribution in [0.1, 0.15) is 26.2 Å². The van der Waals surface area contributed by atoms with E-state index in [2.05, 4.69) is 28.2 Å². The van der Waals surface area contributed by atoms with Gasteiger partial charge in [-0.3, -0.25) is 0 Å². The fourth-order valence-electron chi connectivity index (χ4n) is 1.76. The minimum Gasteiger partial charge on any atom is -0.497 e. The Balaban J connectivity index is 2.82. The van der Waals surface area contributed by atoms with Crippen molar-refractivity contribution in [2.45, 2.75) is 32.2 Å². The van der Waals surface area contributed by atoms with Crippen LogP contribution in [0, 0.1) is 0 Å². The standard InChI is InChI=1S/C14H20BrNO3/c1-4-5-6-13(14(17)19-3)16-11-7-10(15)8-12(9-11)18-2/h7-9,13,16H,4-6H2,1-3H3. The number of methoxy groups -OCH3 is 2. The molecule has 0 amide bonds. The number of unbranched alkanes of at least 4 members (excludes halogenated alkanes) is 1. The van der Waals surface area contributed by atoms with Crippen LogP contribution < -0.4 is 10.1 Å². The molecule has 0 spiro atoms. The molecular weight excluding hydrogens is 310 g/mol. The van der Waals surface area contributed by atoms with Crippen LogP contribution >= 0.6 is 15.9 Å². The van der Waals surface area contributed by atoms with Crippen LogP contribution in [0.15, 0.2) is 22.7 Å². The Kier molecular flexibility index (Phi) is 6.70. The number of hydrogen-bond donors (Lipinski definition) is 1. The third-order valence-corrected chi connectivity index (χ3v) is 3.24. The first-order valence-electron chi connectivity index (χ1n) is 6.29. The number of rotatable bonds is 7. The van der Waals surface area contributed by atoms with Crippen LogP contribution in [0.25, 0.3) is 0 Å². The van der Waals surface area contributed by atoms with Crippen molar-refractivity contribution in [1.82, 2.24) is 0 Å². The molecule has 1 N–H and O–H groups in total. The minimum atomic E-state index is -0.330. The van der Waals surface area contributed by atoms with Gasteiger partial charge in [0.05, 0.1) is 14.2 Å². The molecule has 1 rings (SSSR count). The van der Waals surface area contributed by atoms with Crippen molar-refractivity contribution in [2.75, 3.05) is 19.5 Å². The molecule has 1 aromatic carbocycles. The zero-order valence-corrected chi connectivity index (χ0v) is 13.1. The first-order valence-corrected chi connectivity index (χ1v) is 7.09. The zero-order valence-electron chi connectivity index (χ0n) is 11.5. The van der Waals surface area contributed by atoms with E-state index < -0.39 is 0 Å². The molecule has 0 aliphatic rings. The third kappa shape index (κ3) is 5.11.